The van der Waals surface area contributed by atoms with Crippen LogP contribution in [0.25, 0.3) is 0 Å². The third kappa shape index (κ3) is 1.75. The third-order valence-electron chi connectivity index (χ3n) is 1.96. The van der Waals surface area contributed by atoms with Crippen molar-refractivity contribution in [3.8, 4) is 0 Å². The first kappa shape index (κ1) is 9.87. The van der Waals surface area contributed by atoms with E-state index < -0.39 is 5.38 Å². The summed E-state index contributed by atoms with van der Waals surface area (Å²) in [5, 5.41) is -0.442. The first-order valence-corrected chi connectivity index (χ1v) is 4.77. The molecule has 1 aliphatic heterocycles. The lowest BCUT2D eigenvalue weighted by molar-refractivity contribution is -0.126. The van der Waals surface area contributed by atoms with E-state index in [1.807, 2.05) is 0 Å². The van der Waals surface area contributed by atoms with E-state index in [1.165, 1.54) is 0 Å². The van der Waals surface area contributed by atoms with Crippen molar-refractivity contribution in [1.82, 2.24) is 4.90 Å². The van der Waals surface area contributed by atoms with Crippen LogP contribution in [0.15, 0.2) is 12.7 Å². The van der Waals surface area contributed by atoms with Crippen LogP contribution >= 0.6 is 23.2 Å². The van der Waals surface area contributed by atoms with Gasteiger partial charge in [-0.15, -0.1) is 29.8 Å². The number of rotatable bonds is 3. The Morgan fingerprint density at radius 1 is 1.75 bits per heavy atom. The molecule has 2 atom stereocenters. The molecule has 2 unspecified atom stereocenters. The average molecular weight is 208 g/mol. The van der Waals surface area contributed by atoms with Crippen LogP contribution in [0.4, 0.5) is 0 Å². The van der Waals surface area contributed by atoms with Crippen LogP contribution in [0.3, 0.4) is 0 Å². The van der Waals surface area contributed by atoms with E-state index in [0.717, 1.165) is 0 Å². The lowest BCUT2D eigenvalue weighted by Crippen LogP contribution is -2.27. The number of nitrogens with zero attached hydrogens (tertiary/aromatic N) is 1. The summed E-state index contributed by atoms with van der Waals surface area (Å²) in [5.74, 6) is 0.496. The normalized spacial score (nSPS) is 29.5. The molecule has 1 heterocycles. The van der Waals surface area contributed by atoms with Crippen LogP contribution in [-0.2, 0) is 4.79 Å². The first-order chi connectivity index (χ1) is 5.70. The quantitative estimate of drug-likeness (QED) is 0.508. The highest BCUT2D eigenvalue weighted by Crippen LogP contribution is 2.24. The molecular weight excluding hydrogens is 197 g/mol. The van der Waals surface area contributed by atoms with Gasteiger partial charge in [0.2, 0.25) is 5.91 Å². The molecule has 68 valence electrons. The Labute approximate surface area is 82.1 Å². The maximum absolute atomic E-state index is 11.4. The Morgan fingerprint density at radius 2 is 2.42 bits per heavy atom. The molecule has 0 radical (unpaired) electrons. The molecule has 1 saturated heterocycles. The zero-order chi connectivity index (χ0) is 9.14. The van der Waals surface area contributed by atoms with Gasteiger partial charge in [-0.2, -0.15) is 0 Å². The Hall–Kier alpha value is -0.210. The Bertz CT molecular complexity index is 195. The number of halogens is 2. The van der Waals surface area contributed by atoms with E-state index in [2.05, 4.69) is 6.58 Å². The summed E-state index contributed by atoms with van der Waals surface area (Å²) in [7, 11) is 0. The predicted octanol–water partition coefficient (Wildman–Crippen LogP) is 1.48. The molecule has 1 fully saturated rings. The minimum Gasteiger partial charge on any atom is -0.337 e. The van der Waals surface area contributed by atoms with Crippen LogP contribution < -0.4 is 0 Å². The highest BCUT2D eigenvalue weighted by Gasteiger charge is 2.37. The number of hydrogen-bond acceptors (Lipinski definition) is 1. The van der Waals surface area contributed by atoms with Gasteiger partial charge in [-0.25, -0.2) is 0 Å². The number of carbonyl (C=O) groups excluding carboxylic acids is 1. The second kappa shape index (κ2) is 4.15. The lowest BCUT2D eigenvalue weighted by Gasteiger charge is -2.12. The fourth-order valence-electron chi connectivity index (χ4n) is 1.29. The topological polar surface area (TPSA) is 20.3 Å². The van der Waals surface area contributed by atoms with E-state index in [0.29, 0.717) is 19.0 Å². The summed E-state index contributed by atoms with van der Waals surface area (Å²) < 4.78 is 0. The molecule has 0 N–H and O–H groups in total. The van der Waals surface area contributed by atoms with Crippen LogP contribution in [0, 0.1) is 5.92 Å². The van der Waals surface area contributed by atoms with Crippen LogP contribution in [-0.4, -0.2) is 35.2 Å². The van der Waals surface area contributed by atoms with Gasteiger partial charge in [-0.05, 0) is 0 Å². The molecule has 4 heteroatoms. The minimum absolute atomic E-state index is 0.0257. The zero-order valence-electron chi connectivity index (χ0n) is 6.67. The molecule has 2 nitrogen and oxygen atoms in total. The highest BCUT2D eigenvalue weighted by molar-refractivity contribution is 6.32. The Balaban J connectivity index is 2.60. The maximum atomic E-state index is 11.4. The van der Waals surface area contributed by atoms with Crippen molar-refractivity contribution in [3.05, 3.63) is 12.7 Å². The minimum atomic E-state index is -0.442. The molecule has 0 spiro atoms. The summed E-state index contributed by atoms with van der Waals surface area (Å²) in [4.78, 5) is 13.0. The Kier molecular flexibility index (Phi) is 3.41. The monoisotopic (exact) mass is 207 g/mol. The molecule has 0 aromatic heterocycles. The average Bonchev–Trinajstić information content (AvgIpc) is 2.33. The first-order valence-electron chi connectivity index (χ1n) is 3.80. The molecule has 0 saturated carbocycles. The molecule has 1 amide bonds. The number of amides is 1. The summed E-state index contributed by atoms with van der Waals surface area (Å²) in [5.41, 5.74) is 0. The van der Waals surface area contributed by atoms with E-state index in [9.17, 15) is 4.79 Å². The van der Waals surface area contributed by atoms with Crippen LogP contribution in [0.5, 0.6) is 0 Å². The number of likely N-dealkylation sites (tertiary alicyclic amines) is 1. The van der Waals surface area contributed by atoms with Gasteiger partial charge in [-0.3, -0.25) is 4.79 Å². The summed E-state index contributed by atoms with van der Waals surface area (Å²) in [6, 6.07) is 0. The van der Waals surface area contributed by atoms with Crippen molar-refractivity contribution in [2.24, 2.45) is 5.92 Å². The van der Waals surface area contributed by atoms with Gasteiger partial charge >= 0.3 is 0 Å². The largest absolute Gasteiger partial charge is 0.337 e. The van der Waals surface area contributed by atoms with Crippen molar-refractivity contribution in [2.75, 3.05) is 19.0 Å². The van der Waals surface area contributed by atoms with E-state index in [-0.39, 0.29) is 11.8 Å². The number of alkyl halides is 2. The van der Waals surface area contributed by atoms with Crippen molar-refractivity contribution in [2.45, 2.75) is 5.38 Å². The summed E-state index contributed by atoms with van der Waals surface area (Å²) >= 11 is 11.5. The third-order valence-corrected chi connectivity index (χ3v) is 2.90. The van der Waals surface area contributed by atoms with Gasteiger partial charge in [0.25, 0.3) is 0 Å². The van der Waals surface area contributed by atoms with Gasteiger partial charge in [0.15, 0.2) is 0 Å². The molecule has 1 rings (SSSR count). The second-order valence-corrected chi connectivity index (χ2v) is 3.63. The molecule has 0 aromatic carbocycles. The Morgan fingerprint density at radius 3 is 2.83 bits per heavy atom. The number of carbonyl (C=O) groups is 1. The van der Waals surface area contributed by atoms with Crippen LogP contribution in [0.1, 0.15) is 0 Å². The molecule has 0 aromatic rings. The lowest BCUT2D eigenvalue weighted by atomic mass is 10.1. The zero-order valence-corrected chi connectivity index (χ0v) is 8.18. The molecule has 0 aliphatic carbocycles. The fourth-order valence-corrected chi connectivity index (χ4v) is 1.96. The predicted molar refractivity (Wildman–Crippen MR) is 50.6 cm³/mol. The molecule has 1 aliphatic rings. The van der Waals surface area contributed by atoms with Crippen molar-refractivity contribution in [3.63, 3.8) is 0 Å². The van der Waals surface area contributed by atoms with Gasteiger partial charge in [0, 0.05) is 24.9 Å². The van der Waals surface area contributed by atoms with Crippen molar-refractivity contribution >= 4 is 29.1 Å². The second-order valence-electron chi connectivity index (χ2n) is 2.85. The SMILES string of the molecule is C=CCN1CC(CCl)C(Cl)C1=O. The fraction of sp³-hybridized carbons (Fsp3) is 0.625. The molecule has 0 bridgehead atoms. The standard InChI is InChI=1S/C8H11Cl2NO/c1-2-3-11-5-6(4-9)7(10)8(11)12/h2,6-7H,1,3-5H2. The van der Waals surface area contributed by atoms with Gasteiger partial charge in [0.1, 0.15) is 5.38 Å². The van der Waals surface area contributed by atoms with E-state index in [1.54, 1.807) is 11.0 Å². The van der Waals surface area contributed by atoms with E-state index >= 15 is 0 Å². The van der Waals surface area contributed by atoms with Gasteiger partial charge in [-0.1, -0.05) is 6.08 Å². The van der Waals surface area contributed by atoms with Gasteiger partial charge < -0.3 is 4.90 Å². The van der Waals surface area contributed by atoms with Crippen LogP contribution in [0.2, 0.25) is 0 Å². The van der Waals surface area contributed by atoms with Crippen molar-refractivity contribution in [1.29, 1.82) is 0 Å². The smallest absolute Gasteiger partial charge is 0.241 e. The van der Waals surface area contributed by atoms with Gasteiger partial charge in [0.05, 0.1) is 0 Å². The van der Waals surface area contributed by atoms with Crippen molar-refractivity contribution < 1.29 is 4.79 Å². The van der Waals surface area contributed by atoms with E-state index in [4.69, 9.17) is 23.2 Å². The summed E-state index contributed by atoms with van der Waals surface area (Å²) in [6.07, 6.45) is 1.69. The molecular formula is C8H11Cl2NO. The summed E-state index contributed by atoms with van der Waals surface area (Å²) in [6.45, 7) is 4.78. The molecule has 12 heavy (non-hydrogen) atoms. The highest BCUT2D eigenvalue weighted by atomic mass is 35.5. The number of hydrogen-bond donors (Lipinski definition) is 0. The maximum Gasteiger partial charge on any atom is 0.241 e.